The number of carbonyl (C=O) groups is 2. The standard InChI is InChI=1S/C25H19I2NO4S/c1-31-21-12-18(11-20(27)23(21)32-15-17-5-3-2-4-6-17)13-22-24(29)28(25(30)33-22)14-16-7-9-19(26)10-8-16/h2-13H,14-15H2,1H3/b22-13+. The summed E-state index contributed by atoms with van der Waals surface area (Å²) in [5.74, 6) is 0.926. The summed E-state index contributed by atoms with van der Waals surface area (Å²) < 4.78 is 13.5. The predicted molar refractivity (Wildman–Crippen MR) is 147 cm³/mol. The number of nitrogens with zero attached hydrogens (tertiary/aromatic N) is 1. The van der Waals surface area contributed by atoms with Crippen molar-refractivity contribution in [3.8, 4) is 11.5 Å². The summed E-state index contributed by atoms with van der Waals surface area (Å²) in [5, 5.41) is -0.269. The van der Waals surface area contributed by atoms with Crippen molar-refractivity contribution in [3.05, 3.63) is 95.5 Å². The molecule has 3 aromatic rings. The van der Waals surface area contributed by atoms with E-state index in [1.165, 1.54) is 4.90 Å². The quantitative estimate of drug-likeness (QED) is 0.205. The van der Waals surface area contributed by atoms with Gasteiger partial charge in [0.25, 0.3) is 11.1 Å². The molecule has 1 aliphatic heterocycles. The molecule has 33 heavy (non-hydrogen) atoms. The van der Waals surface area contributed by atoms with Crippen LogP contribution in [0.3, 0.4) is 0 Å². The van der Waals surface area contributed by atoms with Crippen molar-refractivity contribution in [1.29, 1.82) is 0 Å². The van der Waals surface area contributed by atoms with Crippen LogP contribution in [0.2, 0.25) is 0 Å². The molecule has 1 aliphatic rings. The zero-order valence-electron chi connectivity index (χ0n) is 17.6. The fourth-order valence-corrected chi connectivity index (χ4v) is 5.23. The van der Waals surface area contributed by atoms with Crippen molar-refractivity contribution < 1.29 is 19.1 Å². The van der Waals surface area contributed by atoms with Gasteiger partial charge in [0, 0.05) is 3.57 Å². The molecule has 3 aromatic carbocycles. The van der Waals surface area contributed by atoms with Crippen molar-refractivity contribution in [2.24, 2.45) is 0 Å². The number of hydrogen-bond acceptors (Lipinski definition) is 5. The van der Waals surface area contributed by atoms with Gasteiger partial charge in [-0.15, -0.1) is 0 Å². The van der Waals surface area contributed by atoms with E-state index in [9.17, 15) is 9.59 Å². The first-order chi connectivity index (χ1) is 15.9. The second-order valence-corrected chi connectivity index (χ2v) is 10.6. The average molecular weight is 683 g/mol. The topological polar surface area (TPSA) is 55.8 Å². The molecule has 1 fully saturated rings. The highest BCUT2D eigenvalue weighted by atomic mass is 127. The Kier molecular flexibility index (Phi) is 7.97. The number of imide groups is 1. The Hall–Kier alpha value is -2.05. The summed E-state index contributed by atoms with van der Waals surface area (Å²) in [6, 6.07) is 21.4. The molecule has 5 nitrogen and oxygen atoms in total. The van der Waals surface area contributed by atoms with Gasteiger partial charge < -0.3 is 9.47 Å². The first-order valence-corrected chi connectivity index (χ1v) is 13.0. The van der Waals surface area contributed by atoms with Gasteiger partial charge in [0.15, 0.2) is 11.5 Å². The summed E-state index contributed by atoms with van der Waals surface area (Å²) in [7, 11) is 1.58. The maximum atomic E-state index is 12.9. The highest BCUT2D eigenvalue weighted by molar-refractivity contribution is 14.1. The van der Waals surface area contributed by atoms with Gasteiger partial charge in [-0.2, -0.15) is 0 Å². The van der Waals surface area contributed by atoms with Crippen molar-refractivity contribution in [1.82, 2.24) is 4.90 Å². The number of methoxy groups -OCH3 is 1. The summed E-state index contributed by atoms with van der Waals surface area (Å²) in [6.07, 6.45) is 1.73. The molecule has 4 rings (SSSR count). The van der Waals surface area contributed by atoms with Crippen LogP contribution in [0.1, 0.15) is 16.7 Å². The van der Waals surface area contributed by atoms with Crippen LogP contribution in [0.15, 0.2) is 71.6 Å². The summed E-state index contributed by atoms with van der Waals surface area (Å²) in [6.45, 7) is 0.677. The van der Waals surface area contributed by atoms with Crippen LogP contribution in [0.4, 0.5) is 4.79 Å². The van der Waals surface area contributed by atoms with E-state index in [1.807, 2.05) is 66.7 Å². The monoisotopic (exact) mass is 683 g/mol. The molecule has 2 amide bonds. The minimum Gasteiger partial charge on any atom is -0.493 e. The molecular formula is C25H19I2NO4S. The Bertz CT molecular complexity index is 1210. The number of carbonyl (C=O) groups excluding carboxylic acids is 2. The van der Waals surface area contributed by atoms with Crippen LogP contribution < -0.4 is 9.47 Å². The van der Waals surface area contributed by atoms with Crippen molar-refractivity contribution in [2.45, 2.75) is 13.2 Å². The summed E-state index contributed by atoms with van der Waals surface area (Å²) >= 11 is 5.37. The molecule has 0 atom stereocenters. The minimum absolute atomic E-state index is 0.256. The van der Waals surface area contributed by atoms with E-state index in [0.29, 0.717) is 23.0 Å². The van der Waals surface area contributed by atoms with Crippen LogP contribution in [0.5, 0.6) is 11.5 Å². The Labute approximate surface area is 223 Å². The molecule has 0 spiro atoms. The lowest BCUT2D eigenvalue weighted by molar-refractivity contribution is -0.123. The normalized spacial score (nSPS) is 14.8. The molecular weight excluding hydrogens is 664 g/mol. The predicted octanol–water partition coefficient (Wildman–Crippen LogP) is 6.72. The average Bonchev–Trinajstić information content (AvgIpc) is 3.07. The van der Waals surface area contributed by atoms with E-state index in [-0.39, 0.29) is 17.7 Å². The van der Waals surface area contributed by atoms with Crippen molar-refractivity contribution in [3.63, 3.8) is 0 Å². The Balaban J connectivity index is 1.53. The van der Waals surface area contributed by atoms with E-state index in [2.05, 4.69) is 45.2 Å². The third-order valence-electron chi connectivity index (χ3n) is 4.90. The highest BCUT2D eigenvalue weighted by Crippen LogP contribution is 2.38. The highest BCUT2D eigenvalue weighted by Gasteiger charge is 2.35. The largest absolute Gasteiger partial charge is 0.493 e. The van der Waals surface area contributed by atoms with Crippen LogP contribution in [-0.2, 0) is 17.9 Å². The SMILES string of the molecule is COc1cc(/C=C2/SC(=O)N(Cc3ccc(I)cc3)C2=O)cc(I)c1OCc1ccccc1. The van der Waals surface area contributed by atoms with Crippen LogP contribution in [0.25, 0.3) is 6.08 Å². The molecule has 0 unspecified atom stereocenters. The maximum Gasteiger partial charge on any atom is 0.293 e. The molecule has 1 saturated heterocycles. The van der Waals surface area contributed by atoms with E-state index in [4.69, 9.17) is 9.47 Å². The minimum atomic E-state index is -0.290. The van der Waals surface area contributed by atoms with E-state index in [0.717, 1.165) is 35.6 Å². The lowest BCUT2D eigenvalue weighted by atomic mass is 10.1. The van der Waals surface area contributed by atoms with Gasteiger partial charge in [-0.25, -0.2) is 0 Å². The number of amides is 2. The fraction of sp³-hybridized carbons (Fsp3) is 0.120. The zero-order valence-corrected chi connectivity index (χ0v) is 22.7. The maximum absolute atomic E-state index is 12.9. The molecule has 168 valence electrons. The number of rotatable bonds is 7. The number of thioether (sulfide) groups is 1. The lowest BCUT2D eigenvalue weighted by Crippen LogP contribution is -2.27. The molecule has 0 aromatic heterocycles. The lowest BCUT2D eigenvalue weighted by Gasteiger charge is -2.14. The van der Waals surface area contributed by atoms with Gasteiger partial charge in [0.2, 0.25) is 0 Å². The number of ether oxygens (including phenoxy) is 2. The van der Waals surface area contributed by atoms with Gasteiger partial charge in [0.1, 0.15) is 6.61 Å². The number of benzene rings is 3. The molecule has 8 heteroatoms. The smallest absolute Gasteiger partial charge is 0.293 e. The molecule has 0 N–H and O–H groups in total. The second kappa shape index (κ2) is 10.9. The third-order valence-corrected chi connectivity index (χ3v) is 7.33. The molecule has 0 radical (unpaired) electrons. The van der Waals surface area contributed by atoms with Gasteiger partial charge >= 0.3 is 0 Å². The van der Waals surface area contributed by atoms with E-state index < -0.39 is 0 Å². The van der Waals surface area contributed by atoms with Crippen molar-refractivity contribution >= 4 is 74.2 Å². The molecule has 0 bridgehead atoms. The van der Waals surface area contributed by atoms with E-state index in [1.54, 1.807) is 13.2 Å². The number of hydrogen-bond donors (Lipinski definition) is 0. The van der Waals surface area contributed by atoms with Gasteiger partial charge in [-0.1, -0.05) is 42.5 Å². The Morgan fingerprint density at radius 1 is 0.970 bits per heavy atom. The first-order valence-electron chi connectivity index (χ1n) is 9.98. The number of halogens is 2. The third kappa shape index (κ3) is 5.90. The Morgan fingerprint density at radius 2 is 1.70 bits per heavy atom. The zero-order chi connectivity index (χ0) is 23.4. The first kappa shape index (κ1) is 24.1. The Morgan fingerprint density at radius 3 is 2.39 bits per heavy atom. The summed E-state index contributed by atoms with van der Waals surface area (Å²) in [5.41, 5.74) is 2.74. The molecule has 1 heterocycles. The second-order valence-electron chi connectivity index (χ2n) is 7.20. The van der Waals surface area contributed by atoms with Crippen LogP contribution >= 0.6 is 56.9 Å². The molecule has 0 aliphatic carbocycles. The molecule has 0 saturated carbocycles. The van der Waals surface area contributed by atoms with Gasteiger partial charge in [0.05, 0.1) is 22.1 Å². The van der Waals surface area contributed by atoms with Gasteiger partial charge in [-0.3, -0.25) is 14.5 Å². The van der Waals surface area contributed by atoms with Crippen LogP contribution in [-0.4, -0.2) is 23.2 Å². The summed E-state index contributed by atoms with van der Waals surface area (Å²) in [4.78, 5) is 27.1. The fourth-order valence-electron chi connectivity index (χ4n) is 3.25. The van der Waals surface area contributed by atoms with E-state index >= 15 is 0 Å². The van der Waals surface area contributed by atoms with Crippen LogP contribution in [0, 0.1) is 7.14 Å². The van der Waals surface area contributed by atoms with Crippen molar-refractivity contribution in [2.75, 3.05) is 7.11 Å². The van der Waals surface area contributed by atoms with Gasteiger partial charge in [-0.05, 0) is 104 Å².